The summed E-state index contributed by atoms with van der Waals surface area (Å²) in [7, 11) is -6.29. The molecule has 1 aliphatic rings. The number of rotatable bonds is 5. The van der Waals surface area contributed by atoms with E-state index in [1.807, 2.05) is 0 Å². The summed E-state index contributed by atoms with van der Waals surface area (Å²) in [6, 6.07) is 7.22. The summed E-state index contributed by atoms with van der Waals surface area (Å²) in [6.07, 6.45) is -0.0970. The molecule has 0 bridgehead atoms. The molecule has 11 heteroatoms. The SMILES string of the molecule is COc1ccc(NS(=O)(=O)c2c(C)cc(N3C(=O)CCS3(=O)=O)cc2C)cc1Cl. The Morgan fingerprint density at radius 2 is 1.76 bits per heavy atom. The fraction of sp³-hybridized carbons (Fsp3) is 0.278. The molecular formula is C18H19ClN2O6S2. The summed E-state index contributed by atoms with van der Waals surface area (Å²) in [5, 5.41) is 0.245. The number of carbonyl (C=O) groups excluding carboxylic acids is 1. The lowest BCUT2D eigenvalue weighted by Crippen LogP contribution is -2.29. The highest BCUT2D eigenvalue weighted by molar-refractivity contribution is 7.94. The third-order valence-corrected chi connectivity index (χ3v) is 8.10. The second-order valence-corrected chi connectivity index (χ2v) is 10.6. The van der Waals surface area contributed by atoms with Crippen LogP contribution in [0.1, 0.15) is 17.5 Å². The first-order chi connectivity index (χ1) is 13.5. The van der Waals surface area contributed by atoms with Crippen LogP contribution in [0.4, 0.5) is 11.4 Å². The number of aryl methyl sites for hydroxylation is 2. The van der Waals surface area contributed by atoms with Gasteiger partial charge in [0.1, 0.15) is 5.75 Å². The van der Waals surface area contributed by atoms with E-state index in [1.54, 1.807) is 13.8 Å². The van der Waals surface area contributed by atoms with Gasteiger partial charge < -0.3 is 4.74 Å². The maximum Gasteiger partial charge on any atom is 0.262 e. The van der Waals surface area contributed by atoms with Crippen molar-refractivity contribution in [3.8, 4) is 5.75 Å². The fourth-order valence-corrected chi connectivity index (χ4v) is 6.48. The van der Waals surface area contributed by atoms with Crippen molar-refractivity contribution in [3.63, 3.8) is 0 Å². The summed E-state index contributed by atoms with van der Waals surface area (Å²) in [6.45, 7) is 3.08. The van der Waals surface area contributed by atoms with Gasteiger partial charge in [0.15, 0.2) is 0 Å². The molecule has 0 unspecified atom stereocenters. The second kappa shape index (κ2) is 7.51. The first-order valence-corrected chi connectivity index (χ1v) is 12.0. The van der Waals surface area contributed by atoms with Crippen LogP contribution >= 0.6 is 11.6 Å². The second-order valence-electron chi connectivity index (χ2n) is 6.59. The minimum absolute atomic E-state index is 0.00256. The Kier molecular flexibility index (Phi) is 5.54. The van der Waals surface area contributed by atoms with E-state index in [0.717, 1.165) is 4.31 Å². The Balaban J connectivity index is 2.00. The minimum atomic E-state index is -4.00. The predicted molar refractivity (Wildman–Crippen MR) is 111 cm³/mol. The van der Waals surface area contributed by atoms with Gasteiger partial charge in [-0.05, 0) is 55.3 Å². The molecule has 0 saturated carbocycles. The van der Waals surface area contributed by atoms with E-state index < -0.39 is 26.0 Å². The van der Waals surface area contributed by atoms with Crippen LogP contribution in [0.25, 0.3) is 0 Å². The molecule has 1 N–H and O–H groups in total. The topological polar surface area (TPSA) is 110 Å². The Bertz CT molecular complexity index is 1190. The average molecular weight is 459 g/mol. The highest BCUT2D eigenvalue weighted by atomic mass is 35.5. The number of anilines is 2. The Morgan fingerprint density at radius 3 is 2.24 bits per heavy atom. The van der Waals surface area contributed by atoms with Crippen molar-refractivity contribution < 1.29 is 26.4 Å². The zero-order valence-electron chi connectivity index (χ0n) is 15.9. The molecule has 0 atom stereocenters. The molecule has 3 rings (SSSR count). The monoisotopic (exact) mass is 458 g/mol. The number of nitrogens with one attached hydrogen (secondary N) is 1. The summed E-state index contributed by atoms with van der Waals surface area (Å²) in [5.74, 6) is -0.391. The zero-order valence-corrected chi connectivity index (χ0v) is 18.3. The standard InChI is InChI=1S/C18H19ClN2O6S2/c1-11-8-14(21-17(22)6-7-28(21,23)24)9-12(2)18(11)29(25,26)20-13-4-5-16(27-3)15(19)10-13/h4-5,8-10,20H,6-7H2,1-3H3. The Morgan fingerprint density at radius 1 is 1.14 bits per heavy atom. The molecule has 1 saturated heterocycles. The van der Waals surface area contributed by atoms with Crippen molar-refractivity contribution in [2.75, 3.05) is 21.9 Å². The molecule has 2 aromatic carbocycles. The van der Waals surface area contributed by atoms with Crippen molar-refractivity contribution in [2.24, 2.45) is 0 Å². The molecule has 1 aliphatic heterocycles. The van der Waals surface area contributed by atoms with E-state index in [-0.39, 0.29) is 33.5 Å². The lowest BCUT2D eigenvalue weighted by Gasteiger charge is -2.19. The Hall–Kier alpha value is -2.30. The fourth-order valence-electron chi connectivity index (χ4n) is 3.27. The molecule has 29 heavy (non-hydrogen) atoms. The molecule has 1 fully saturated rings. The number of halogens is 1. The van der Waals surface area contributed by atoms with Crippen LogP contribution in [0, 0.1) is 13.8 Å². The minimum Gasteiger partial charge on any atom is -0.495 e. The number of methoxy groups -OCH3 is 1. The number of hydrogen-bond acceptors (Lipinski definition) is 6. The van der Waals surface area contributed by atoms with Gasteiger partial charge in [-0.3, -0.25) is 9.52 Å². The third kappa shape index (κ3) is 4.05. The highest BCUT2D eigenvalue weighted by Crippen LogP contribution is 2.33. The summed E-state index contributed by atoms with van der Waals surface area (Å²) in [4.78, 5) is 12.0. The number of amides is 1. The van der Waals surface area contributed by atoms with E-state index >= 15 is 0 Å². The largest absolute Gasteiger partial charge is 0.495 e. The van der Waals surface area contributed by atoms with Gasteiger partial charge in [0, 0.05) is 6.42 Å². The molecule has 0 aromatic heterocycles. The molecule has 156 valence electrons. The van der Waals surface area contributed by atoms with Crippen molar-refractivity contribution in [1.82, 2.24) is 0 Å². The van der Waals surface area contributed by atoms with Gasteiger partial charge in [0.2, 0.25) is 15.9 Å². The van der Waals surface area contributed by atoms with Crippen LogP contribution in [0.5, 0.6) is 5.75 Å². The number of ether oxygens (including phenoxy) is 1. The first kappa shape index (κ1) is 21.4. The van der Waals surface area contributed by atoms with Gasteiger partial charge >= 0.3 is 0 Å². The van der Waals surface area contributed by atoms with E-state index in [9.17, 15) is 21.6 Å². The molecular weight excluding hydrogens is 440 g/mol. The number of hydrogen-bond donors (Lipinski definition) is 1. The van der Waals surface area contributed by atoms with Crippen LogP contribution in [-0.2, 0) is 24.8 Å². The van der Waals surface area contributed by atoms with E-state index in [4.69, 9.17) is 16.3 Å². The van der Waals surface area contributed by atoms with E-state index in [2.05, 4.69) is 4.72 Å². The molecule has 1 amide bonds. The van der Waals surface area contributed by atoms with Crippen LogP contribution in [-0.4, -0.2) is 35.6 Å². The number of nitrogens with zero attached hydrogens (tertiary/aromatic N) is 1. The van der Waals surface area contributed by atoms with Crippen LogP contribution in [0.2, 0.25) is 5.02 Å². The highest BCUT2D eigenvalue weighted by Gasteiger charge is 2.37. The van der Waals surface area contributed by atoms with Crippen molar-refractivity contribution in [2.45, 2.75) is 25.2 Å². The first-order valence-electron chi connectivity index (χ1n) is 8.50. The molecule has 0 aliphatic carbocycles. The molecule has 8 nitrogen and oxygen atoms in total. The summed E-state index contributed by atoms with van der Waals surface area (Å²) in [5.41, 5.74) is 0.994. The third-order valence-electron chi connectivity index (χ3n) is 4.43. The maximum absolute atomic E-state index is 12.9. The van der Waals surface area contributed by atoms with Gasteiger partial charge in [-0.1, -0.05) is 11.6 Å². The molecule has 2 aromatic rings. The van der Waals surface area contributed by atoms with Gasteiger partial charge in [0.25, 0.3) is 10.0 Å². The van der Waals surface area contributed by atoms with Crippen molar-refractivity contribution in [1.29, 1.82) is 0 Å². The van der Waals surface area contributed by atoms with Crippen LogP contribution < -0.4 is 13.8 Å². The van der Waals surface area contributed by atoms with E-state index in [0.29, 0.717) is 16.9 Å². The number of benzene rings is 2. The van der Waals surface area contributed by atoms with Gasteiger partial charge in [-0.25, -0.2) is 21.1 Å². The zero-order chi connectivity index (χ0) is 21.6. The molecule has 0 spiro atoms. The quantitative estimate of drug-likeness (QED) is 0.737. The lowest BCUT2D eigenvalue weighted by molar-refractivity contribution is -0.116. The lowest BCUT2D eigenvalue weighted by atomic mass is 10.1. The van der Waals surface area contributed by atoms with Crippen molar-refractivity contribution >= 4 is 48.9 Å². The van der Waals surface area contributed by atoms with Gasteiger partial charge in [-0.15, -0.1) is 0 Å². The summed E-state index contributed by atoms with van der Waals surface area (Å²) < 4.78 is 58.4. The van der Waals surface area contributed by atoms with Crippen LogP contribution in [0.15, 0.2) is 35.2 Å². The normalized spacial score (nSPS) is 16.1. The van der Waals surface area contributed by atoms with Crippen molar-refractivity contribution in [3.05, 3.63) is 46.5 Å². The average Bonchev–Trinajstić information content (AvgIpc) is 2.86. The Labute approximate surface area is 174 Å². The number of sulfonamides is 2. The maximum atomic E-state index is 12.9. The van der Waals surface area contributed by atoms with Crippen LogP contribution in [0.3, 0.4) is 0 Å². The molecule has 1 heterocycles. The van der Waals surface area contributed by atoms with Gasteiger partial charge in [0.05, 0.1) is 34.2 Å². The smallest absolute Gasteiger partial charge is 0.262 e. The summed E-state index contributed by atoms with van der Waals surface area (Å²) >= 11 is 6.05. The number of carbonyl (C=O) groups is 1. The van der Waals surface area contributed by atoms with E-state index in [1.165, 1.54) is 37.4 Å². The van der Waals surface area contributed by atoms with Gasteiger partial charge in [-0.2, -0.15) is 0 Å². The molecule has 0 radical (unpaired) electrons. The predicted octanol–water partition coefficient (Wildman–Crippen LogP) is 2.83.